The van der Waals surface area contributed by atoms with E-state index in [0.717, 1.165) is 23.4 Å². The van der Waals surface area contributed by atoms with E-state index in [0.29, 0.717) is 18.0 Å². The van der Waals surface area contributed by atoms with Gasteiger partial charge in [-0.15, -0.1) is 0 Å². The maximum atomic E-state index is 11.8. The van der Waals surface area contributed by atoms with Crippen molar-refractivity contribution in [2.24, 2.45) is 5.73 Å². The Labute approximate surface area is 123 Å². The average Bonchev–Trinajstić information content (AvgIpc) is 2.38. The number of amides is 2. The summed E-state index contributed by atoms with van der Waals surface area (Å²) in [6.07, 6.45) is 0.811. The zero-order valence-electron chi connectivity index (χ0n) is 11.9. The molecule has 0 unspecified atom stereocenters. The number of carbonyl (C=O) groups excluding carboxylic acids is 2. The fourth-order valence-electron chi connectivity index (χ4n) is 1.72. The smallest absolute Gasteiger partial charge is 0.234 e. The van der Waals surface area contributed by atoms with Gasteiger partial charge in [-0.2, -0.15) is 11.8 Å². The van der Waals surface area contributed by atoms with Crippen molar-refractivity contribution >= 4 is 35.0 Å². The summed E-state index contributed by atoms with van der Waals surface area (Å²) in [5.41, 5.74) is 7.85. The van der Waals surface area contributed by atoms with Crippen molar-refractivity contribution in [2.45, 2.75) is 20.3 Å². The largest absolute Gasteiger partial charge is 0.330 e. The number of thioether (sulfide) groups is 1. The van der Waals surface area contributed by atoms with Crippen LogP contribution < -0.4 is 16.4 Å². The SMILES string of the molecule is CCc1ccc(NC(C)=O)cc1NC(=O)CSCCN. The van der Waals surface area contributed by atoms with E-state index in [1.807, 2.05) is 19.1 Å². The zero-order valence-corrected chi connectivity index (χ0v) is 12.7. The molecule has 110 valence electrons. The number of carbonyl (C=O) groups is 2. The Morgan fingerprint density at radius 1 is 1.30 bits per heavy atom. The van der Waals surface area contributed by atoms with Crippen molar-refractivity contribution in [3.8, 4) is 0 Å². The minimum absolute atomic E-state index is 0.0573. The van der Waals surface area contributed by atoms with Crippen LogP contribution in [0.15, 0.2) is 18.2 Å². The highest BCUT2D eigenvalue weighted by Crippen LogP contribution is 2.22. The molecule has 0 heterocycles. The lowest BCUT2D eigenvalue weighted by molar-refractivity contribution is -0.114. The third-order valence-corrected chi connectivity index (χ3v) is 3.57. The van der Waals surface area contributed by atoms with Crippen molar-refractivity contribution < 1.29 is 9.59 Å². The van der Waals surface area contributed by atoms with Gasteiger partial charge in [-0.3, -0.25) is 9.59 Å². The number of hydrogen-bond acceptors (Lipinski definition) is 4. The first-order chi connectivity index (χ1) is 9.56. The molecule has 0 atom stereocenters. The van der Waals surface area contributed by atoms with E-state index in [2.05, 4.69) is 10.6 Å². The molecule has 4 N–H and O–H groups in total. The maximum Gasteiger partial charge on any atom is 0.234 e. The first-order valence-electron chi connectivity index (χ1n) is 6.55. The predicted octanol–water partition coefficient (Wildman–Crippen LogP) is 1.84. The second-order valence-corrected chi connectivity index (χ2v) is 5.40. The summed E-state index contributed by atoms with van der Waals surface area (Å²) in [4.78, 5) is 22.9. The summed E-state index contributed by atoms with van der Waals surface area (Å²) < 4.78 is 0. The molecule has 0 aliphatic heterocycles. The van der Waals surface area contributed by atoms with Gasteiger partial charge in [-0.25, -0.2) is 0 Å². The molecule has 0 bridgehead atoms. The minimum atomic E-state index is -0.134. The third-order valence-electron chi connectivity index (χ3n) is 2.58. The molecule has 0 spiro atoms. The van der Waals surface area contributed by atoms with Crippen LogP contribution in [0.25, 0.3) is 0 Å². The molecule has 6 heteroatoms. The van der Waals surface area contributed by atoms with Crippen LogP contribution in [0, 0.1) is 0 Å². The number of aryl methyl sites for hydroxylation is 1. The molecular formula is C14H21N3O2S. The standard InChI is InChI=1S/C14H21N3O2S/c1-3-11-4-5-12(16-10(2)18)8-13(11)17-14(19)9-20-7-6-15/h4-5,8H,3,6-7,9,15H2,1-2H3,(H,16,18)(H,17,19). The highest BCUT2D eigenvalue weighted by molar-refractivity contribution is 7.99. The predicted molar refractivity (Wildman–Crippen MR) is 85.1 cm³/mol. The lowest BCUT2D eigenvalue weighted by Crippen LogP contribution is -2.17. The summed E-state index contributed by atoms with van der Waals surface area (Å²) in [6, 6.07) is 5.53. The van der Waals surface area contributed by atoms with Gasteiger partial charge in [0.1, 0.15) is 0 Å². The van der Waals surface area contributed by atoms with Crippen LogP contribution in [0.2, 0.25) is 0 Å². The van der Waals surface area contributed by atoms with Gasteiger partial charge in [0.25, 0.3) is 0 Å². The Kier molecular flexibility index (Phi) is 7.11. The minimum Gasteiger partial charge on any atom is -0.330 e. The van der Waals surface area contributed by atoms with Gasteiger partial charge in [-0.05, 0) is 24.1 Å². The van der Waals surface area contributed by atoms with Gasteiger partial charge in [0.2, 0.25) is 11.8 Å². The molecule has 0 aliphatic carbocycles. The fraction of sp³-hybridized carbons (Fsp3) is 0.429. The molecule has 0 aromatic heterocycles. The summed E-state index contributed by atoms with van der Waals surface area (Å²) >= 11 is 1.50. The Hall–Kier alpha value is -1.53. The van der Waals surface area contributed by atoms with Crippen molar-refractivity contribution in [3.05, 3.63) is 23.8 Å². The number of benzene rings is 1. The molecule has 2 amide bonds. The monoisotopic (exact) mass is 295 g/mol. The fourth-order valence-corrected chi connectivity index (χ4v) is 2.29. The first kappa shape index (κ1) is 16.5. The van der Waals surface area contributed by atoms with Gasteiger partial charge in [0, 0.05) is 30.6 Å². The van der Waals surface area contributed by atoms with Gasteiger partial charge in [0.05, 0.1) is 5.75 Å². The molecule has 0 radical (unpaired) electrons. The second-order valence-electron chi connectivity index (χ2n) is 4.30. The quantitative estimate of drug-likeness (QED) is 0.670. The number of hydrogen-bond donors (Lipinski definition) is 3. The Balaban J connectivity index is 2.74. The van der Waals surface area contributed by atoms with Crippen LogP contribution in [0.4, 0.5) is 11.4 Å². The molecule has 1 aromatic carbocycles. The van der Waals surface area contributed by atoms with Crippen molar-refractivity contribution in [2.75, 3.05) is 28.7 Å². The van der Waals surface area contributed by atoms with E-state index in [9.17, 15) is 9.59 Å². The summed E-state index contributed by atoms with van der Waals surface area (Å²) in [7, 11) is 0. The molecule has 1 aromatic rings. The molecular weight excluding hydrogens is 274 g/mol. The van der Waals surface area contributed by atoms with Crippen LogP contribution in [0.3, 0.4) is 0 Å². The van der Waals surface area contributed by atoms with Crippen LogP contribution in [-0.4, -0.2) is 29.9 Å². The second kappa shape index (κ2) is 8.60. The van der Waals surface area contributed by atoms with Crippen molar-refractivity contribution in [1.29, 1.82) is 0 Å². The van der Waals surface area contributed by atoms with Crippen LogP contribution in [0.1, 0.15) is 19.4 Å². The number of nitrogens with two attached hydrogens (primary N) is 1. The number of anilines is 2. The van der Waals surface area contributed by atoms with Gasteiger partial charge < -0.3 is 16.4 Å². The van der Waals surface area contributed by atoms with Gasteiger partial charge >= 0.3 is 0 Å². The normalized spacial score (nSPS) is 10.2. The topological polar surface area (TPSA) is 84.2 Å². The summed E-state index contributed by atoms with van der Waals surface area (Å²) in [5.74, 6) is 0.952. The van der Waals surface area contributed by atoms with E-state index in [-0.39, 0.29) is 11.8 Å². The zero-order chi connectivity index (χ0) is 15.0. The average molecular weight is 295 g/mol. The van der Waals surface area contributed by atoms with Crippen molar-refractivity contribution in [1.82, 2.24) is 0 Å². The Morgan fingerprint density at radius 3 is 2.65 bits per heavy atom. The third kappa shape index (κ3) is 5.63. The van der Waals surface area contributed by atoms with Crippen LogP contribution in [0.5, 0.6) is 0 Å². The maximum absolute atomic E-state index is 11.8. The van der Waals surface area contributed by atoms with E-state index < -0.39 is 0 Å². The van der Waals surface area contributed by atoms with Gasteiger partial charge in [0.15, 0.2) is 0 Å². The molecule has 1 rings (SSSR count). The van der Waals surface area contributed by atoms with E-state index in [1.54, 1.807) is 6.07 Å². The van der Waals surface area contributed by atoms with E-state index in [1.165, 1.54) is 18.7 Å². The summed E-state index contributed by atoms with van der Waals surface area (Å²) in [6.45, 7) is 4.04. The van der Waals surface area contributed by atoms with E-state index >= 15 is 0 Å². The molecule has 5 nitrogen and oxygen atoms in total. The Bertz CT molecular complexity index is 477. The lowest BCUT2D eigenvalue weighted by Gasteiger charge is -2.12. The molecule has 0 aliphatic rings. The van der Waals surface area contributed by atoms with Crippen LogP contribution >= 0.6 is 11.8 Å². The lowest BCUT2D eigenvalue weighted by atomic mass is 10.1. The highest BCUT2D eigenvalue weighted by Gasteiger charge is 2.08. The molecule has 0 saturated heterocycles. The van der Waals surface area contributed by atoms with Gasteiger partial charge in [-0.1, -0.05) is 13.0 Å². The Morgan fingerprint density at radius 2 is 2.05 bits per heavy atom. The molecule has 0 saturated carbocycles. The molecule has 20 heavy (non-hydrogen) atoms. The highest BCUT2D eigenvalue weighted by atomic mass is 32.2. The number of nitrogens with one attached hydrogen (secondary N) is 2. The summed E-state index contributed by atoms with van der Waals surface area (Å²) in [5, 5.41) is 5.59. The van der Waals surface area contributed by atoms with Crippen molar-refractivity contribution in [3.63, 3.8) is 0 Å². The first-order valence-corrected chi connectivity index (χ1v) is 7.70. The van der Waals surface area contributed by atoms with Crippen LogP contribution in [-0.2, 0) is 16.0 Å². The number of rotatable bonds is 7. The van der Waals surface area contributed by atoms with E-state index in [4.69, 9.17) is 5.73 Å². The molecule has 0 fully saturated rings.